The zero-order valence-electron chi connectivity index (χ0n) is 15.3. The molecule has 4 heteroatoms. The fourth-order valence-electron chi connectivity index (χ4n) is 4.13. The van der Waals surface area contributed by atoms with E-state index in [-0.39, 0.29) is 11.8 Å². The molecule has 0 spiro atoms. The number of hydrogen-bond donors (Lipinski definition) is 1. The highest BCUT2D eigenvalue weighted by molar-refractivity contribution is 5.83. The van der Waals surface area contributed by atoms with Gasteiger partial charge in [-0.2, -0.15) is 0 Å². The Labute approximate surface area is 155 Å². The zero-order chi connectivity index (χ0) is 17.9. The Bertz CT molecular complexity index is 726. The van der Waals surface area contributed by atoms with Gasteiger partial charge in [-0.1, -0.05) is 36.4 Å². The van der Waals surface area contributed by atoms with Gasteiger partial charge in [0, 0.05) is 43.5 Å². The molecule has 0 radical (unpaired) electrons. The Balaban J connectivity index is 1.25. The number of carbonyl (C=O) groups is 1. The smallest absolute Gasteiger partial charge is 0.223 e. The summed E-state index contributed by atoms with van der Waals surface area (Å²) in [6, 6.07) is 15.5. The molecule has 1 aliphatic heterocycles. The van der Waals surface area contributed by atoms with Crippen LogP contribution >= 0.6 is 0 Å². The third-order valence-corrected chi connectivity index (χ3v) is 5.95. The number of nitrogens with zero attached hydrogens (tertiary/aromatic N) is 2. The van der Waals surface area contributed by atoms with Gasteiger partial charge in [-0.3, -0.25) is 14.7 Å². The number of carbonyl (C=O) groups excluding carboxylic acids is 1. The second kappa shape index (κ2) is 7.58. The zero-order valence-corrected chi connectivity index (χ0v) is 15.3. The molecule has 4 nitrogen and oxygen atoms in total. The fourth-order valence-corrected chi connectivity index (χ4v) is 4.13. The fraction of sp³-hybridized carbons (Fsp3) is 0.455. The first-order valence-electron chi connectivity index (χ1n) is 9.71. The highest BCUT2D eigenvalue weighted by atomic mass is 16.2. The van der Waals surface area contributed by atoms with Crippen molar-refractivity contribution in [2.24, 2.45) is 5.92 Å². The van der Waals surface area contributed by atoms with Crippen molar-refractivity contribution in [2.75, 3.05) is 13.1 Å². The topological polar surface area (TPSA) is 45.2 Å². The SMILES string of the molecule is C[C@H](c1ccccc1)N1CCC(NC(=O)[C@@H]2C[C@H]2c2cccnc2)CC1. The summed E-state index contributed by atoms with van der Waals surface area (Å²) in [7, 11) is 0. The number of pyridine rings is 1. The summed E-state index contributed by atoms with van der Waals surface area (Å²) in [6.07, 6.45) is 6.70. The van der Waals surface area contributed by atoms with E-state index in [4.69, 9.17) is 0 Å². The van der Waals surface area contributed by atoms with Gasteiger partial charge >= 0.3 is 0 Å². The van der Waals surface area contributed by atoms with Crippen LogP contribution in [0.3, 0.4) is 0 Å². The predicted octanol–water partition coefficient (Wildman–Crippen LogP) is 3.53. The molecule has 136 valence electrons. The maximum atomic E-state index is 12.5. The van der Waals surface area contributed by atoms with Gasteiger partial charge in [-0.05, 0) is 49.3 Å². The van der Waals surface area contributed by atoms with Crippen molar-refractivity contribution in [1.82, 2.24) is 15.2 Å². The van der Waals surface area contributed by atoms with Crippen LogP contribution in [-0.4, -0.2) is 34.9 Å². The summed E-state index contributed by atoms with van der Waals surface area (Å²) in [5.41, 5.74) is 2.56. The summed E-state index contributed by atoms with van der Waals surface area (Å²) < 4.78 is 0. The quantitative estimate of drug-likeness (QED) is 0.898. The van der Waals surface area contributed by atoms with Gasteiger partial charge < -0.3 is 5.32 Å². The summed E-state index contributed by atoms with van der Waals surface area (Å²) in [6.45, 7) is 4.35. The minimum Gasteiger partial charge on any atom is -0.353 e. The largest absolute Gasteiger partial charge is 0.353 e. The Kier molecular flexibility index (Phi) is 5.02. The Morgan fingerprint density at radius 1 is 1.15 bits per heavy atom. The molecule has 1 aromatic heterocycles. The molecule has 2 heterocycles. The van der Waals surface area contributed by atoms with Crippen molar-refractivity contribution in [3.63, 3.8) is 0 Å². The van der Waals surface area contributed by atoms with E-state index in [2.05, 4.69) is 58.5 Å². The second-order valence-electron chi connectivity index (χ2n) is 7.64. The molecule has 3 atom stereocenters. The molecule has 26 heavy (non-hydrogen) atoms. The van der Waals surface area contributed by atoms with Crippen molar-refractivity contribution >= 4 is 5.91 Å². The van der Waals surface area contributed by atoms with Gasteiger partial charge in [-0.25, -0.2) is 0 Å². The van der Waals surface area contributed by atoms with Crippen LogP contribution < -0.4 is 5.32 Å². The summed E-state index contributed by atoms with van der Waals surface area (Å²) in [5.74, 6) is 0.732. The second-order valence-corrected chi connectivity index (χ2v) is 7.64. The predicted molar refractivity (Wildman–Crippen MR) is 103 cm³/mol. The normalized spacial score (nSPS) is 24.8. The van der Waals surface area contributed by atoms with Crippen LogP contribution in [-0.2, 0) is 4.79 Å². The number of rotatable bonds is 5. The summed E-state index contributed by atoms with van der Waals surface area (Å²) in [5, 5.41) is 3.29. The molecule has 2 aromatic rings. The molecule has 0 bridgehead atoms. The average molecular weight is 349 g/mol. The van der Waals surface area contributed by atoms with Crippen molar-refractivity contribution in [3.8, 4) is 0 Å². The molecule has 1 saturated heterocycles. The minimum atomic E-state index is 0.139. The Hall–Kier alpha value is -2.20. The molecule has 1 aliphatic carbocycles. The number of amides is 1. The van der Waals surface area contributed by atoms with E-state index in [1.807, 2.05) is 12.3 Å². The van der Waals surface area contributed by atoms with Crippen molar-refractivity contribution < 1.29 is 4.79 Å². The van der Waals surface area contributed by atoms with Crippen LogP contribution in [0.15, 0.2) is 54.9 Å². The van der Waals surface area contributed by atoms with Crippen LogP contribution in [0.4, 0.5) is 0 Å². The lowest BCUT2D eigenvalue weighted by Gasteiger charge is -2.36. The number of likely N-dealkylation sites (tertiary alicyclic amines) is 1. The van der Waals surface area contributed by atoms with Crippen LogP contribution in [0.2, 0.25) is 0 Å². The summed E-state index contributed by atoms with van der Waals surface area (Å²) in [4.78, 5) is 19.2. The lowest BCUT2D eigenvalue weighted by Crippen LogP contribution is -2.45. The third-order valence-electron chi connectivity index (χ3n) is 5.95. The maximum absolute atomic E-state index is 12.5. The van der Waals surface area contributed by atoms with Gasteiger partial charge in [0.2, 0.25) is 5.91 Å². The third kappa shape index (κ3) is 3.80. The van der Waals surface area contributed by atoms with Gasteiger partial charge in [-0.15, -0.1) is 0 Å². The van der Waals surface area contributed by atoms with Gasteiger partial charge in [0.05, 0.1) is 0 Å². The van der Waals surface area contributed by atoms with E-state index >= 15 is 0 Å². The first-order valence-corrected chi connectivity index (χ1v) is 9.71. The van der Waals surface area contributed by atoms with Gasteiger partial charge in [0.1, 0.15) is 0 Å². The molecular weight excluding hydrogens is 322 g/mol. The number of nitrogens with one attached hydrogen (secondary N) is 1. The van der Waals surface area contributed by atoms with Crippen LogP contribution in [0.25, 0.3) is 0 Å². The van der Waals surface area contributed by atoms with Gasteiger partial charge in [0.15, 0.2) is 0 Å². The lowest BCUT2D eigenvalue weighted by atomic mass is 10.00. The summed E-state index contributed by atoms with van der Waals surface area (Å²) >= 11 is 0. The van der Waals surface area contributed by atoms with E-state index in [1.54, 1.807) is 6.20 Å². The van der Waals surface area contributed by atoms with Crippen LogP contribution in [0.5, 0.6) is 0 Å². The number of piperidine rings is 1. The number of hydrogen-bond acceptors (Lipinski definition) is 3. The van der Waals surface area contributed by atoms with E-state index in [9.17, 15) is 4.79 Å². The number of benzene rings is 1. The molecule has 2 fully saturated rings. The molecule has 1 aromatic carbocycles. The molecule has 1 saturated carbocycles. The first-order chi connectivity index (χ1) is 12.7. The standard InChI is InChI=1S/C22H27N3O/c1-16(17-6-3-2-4-7-17)25-12-9-19(10-13-25)24-22(26)21-14-20(21)18-8-5-11-23-15-18/h2-8,11,15-16,19-21H,9-10,12-14H2,1H3,(H,24,26)/t16-,20+,21-/m1/s1. The van der Waals surface area contributed by atoms with E-state index in [1.165, 1.54) is 11.1 Å². The molecule has 1 amide bonds. The minimum absolute atomic E-state index is 0.139. The molecule has 4 rings (SSSR count). The highest BCUT2D eigenvalue weighted by Crippen LogP contribution is 2.47. The molecule has 1 N–H and O–H groups in total. The Morgan fingerprint density at radius 3 is 2.62 bits per heavy atom. The first kappa shape index (κ1) is 17.2. The van der Waals surface area contributed by atoms with Crippen molar-refractivity contribution in [1.29, 1.82) is 0 Å². The monoisotopic (exact) mass is 349 g/mol. The van der Waals surface area contributed by atoms with E-state index < -0.39 is 0 Å². The van der Waals surface area contributed by atoms with Crippen molar-refractivity contribution in [3.05, 3.63) is 66.0 Å². The highest BCUT2D eigenvalue weighted by Gasteiger charge is 2.44. The molecule has 0 unspecified atom stereocenters. The number of aromatic nitrogens is 1. The lowest BCUT2D eigenvalue weighted by molar-refractivity contribution is -0.123. The maximum Gasteiger partial charge on any atom is 0.223 e. The van der Waals surface area contributed by atoms with Crippen molar-refractivity contribution in [2.45, 2.75) is 44.2 Å². The van der Waals surface area contributed by atoms with Crippen LogP contribution in [0, 0.1) is 5.92 Å². The van der Waals surface area contributed by atoms with E-state index in [0.29, 0.717) is 18.0 Å². The average Bonchev–Trinajstić information content (AvgIpc) is 3.50. The molecular formula is C22H27N3O. The van der Waals surface area contributed by atoms with Crippen LogP contribution in [0.1, 0.15) is 49.3 Å². The Morgan fingerprint density at radius 2 is 1.92 bits per heavy atom. The van der Waals surface area contributed by atoms with E-state index in [0.717, 1.165) is 32.4 Å². The molecule has 2 aliphatic rings. The van der Waals surface area contributed by atoms with Gasteiger partial charge in [0.25, 0.3) is 0 Å².